The van der Waals surface area contributed by atoms with Crippen LogP contribution in [0.25, 0.3) is 6.08 Å². The van der Waals surface area contributed by atoms with Crippen molar-refractivity contribution in [3.8, 4) is 11.5 Å². The van der Waals surface area contributed by atoms with Gasteiger partial charge in [0.15, 0.2) is 5.76 Å². The third-order valence-corrected chi connectivity index (χ3v) is 5.57. The maximum absolute atomic E-state index is 13.9. The monoisotopic (exact) mass is 445 g/mol. The highest BCUT2D eigenvalue weighted by molar-refractivity contribution is 6.15. The van der Waals surface area contributed by atoms with E-state index in [0.29, 0.717) is 16.9 Å². The number of halogens is 1. The van der Waals surface area contributed by atoms with Crippen molar-refractivity contribution in [3.05, 3.63) is 94.5 Å². The maximum atomic E-state index is 13.9. The number of nitrogens with zero attached hydrogens (tertiary/aromatic N) is 1. The summed E-state index contributed by atoms with van der Waals surface area (Å²) >= 11 is 0. The Hall–Kier alpha value is -3.93. The third kappa shape index (κ3) is 4.51. The van der Waals surface area contributed by atoms with Crippen molar-refractivity contribution in [2.45, 2.75) is 20.8 Å². The average molecular weight is 445 g/mol. The Balaban J connectivity index is 1.56. The van der Waals surface area contributed by atoms with E-state index in [1.165, 1.54) is 24.3 Å². The summed E-state index contributed by atoms with van der Waals surface area (Å²) in [6, 6.07) is 16.5. The van der Waals surface area contributed by atoms with Gasteiger partial charge in [-0.1, -0.05) is 24.3 Å². The Kier molecular flexibility index (Phi) is 6.27. The first-order chi connectivity index (χ1) is 15.9. The molecule has 1 aliphatic rings. The second-order valence-corrected chi connectivity index (χ2v) is 7.69. The van der Waals surface area contributed by atoms with Crippen LogP contribution < -0.4 is 14.4 Å². The van der Waals surface area contributed by atoms with E-state index in [0.717, 1.165) is 24.3 Å². The van der Waals surface area contributed by atoms with E-state index in [4.69, 9.17) is 9.47 Å². The molecule has 0 unspecified atom stereocenters. The fraction of sp³-hybridized carbons (Fsp3) is 0.185. The second-order valence-electron chi connectivity index (χ2n) is 7.69. The number of Topliss-reactive ketones (excluding diaryl/α,β-unsaturated/α-hetero) is 1. The molecule has 6 heteroatoms. The number of carbonyl (C=O) groups is 2. The van der Waals surface area contributed by atoms with E-state index in [1.807, 2.05) is 24.3 Å². The van der Waals surface area contributed by atoms with Gasteiger partial charge in [0.05, 0.1) is 11.1 Å². The number of ether oxygens (including phenoxy) is 2. The van der Waals surface area contributed by atoms with Gasteiger partial charge in [-0.2, -0.15) is 0 Å². The standard InChI is InChI=1S/C27H24FNO4/c1-4-29(5-2)19-12-10-18(11-13-19)15-24-26(30)25-17(3)14-20(16-23(25)33-24)32-27(31)21-8-6-7-9-22(21)28/h6-16H,4-5H2,1-3H3/b24-15-. The van der Waals surface area contributed by atoms with Crippen LogP contribution in [0.1, 0.15) is 45.7 Å². The van der Waals surface area contributed by atoms with Gasteiger partial charge in [-0.05, 0) is 68.3 Å². The number of fused-ring (bicyclic) bond motifs is 1. The molecule has 4 rings (SSSR count). The Bertz CT molecular complexity index is 1240. The molecule has 0 aromatic heterocycles. The topological polar surface area (TPSA) is 55.8 Å². The maximum Gasteiger partial charge on any atom is 0.346 e. The molecule has 33 heavy (non-hydrogen) atoms. The fourth-order valence-corrected chi connectivity index (χ4v) is 3.85. The number of esters is 1. The zero-order valence-electron chi connectivity index (χ0n) is 18.7. The number of anilines is 1. The van der Waals surface area contributed by atoms with Crippen molar-refractivity contribution in [2.24, 2.45) is 0 Å². The molecule has 1 heterocycles. The number of rotatable bonds is 6. The molecule has 0 atom stereocenters. The summed E-state index contributed by atoms with van der Waals surface area (Å²) in [4.78, 5) is 27.5. The third-order valence-electron chi connectivity index (χ3n) is 5.57. The van der Waals surface area contributed by atoms with Crippen LogP contribution in [0.3, 0.4) is 0 Å². The van der Waals surface area contributed by atoms with E-state index >= 15 is 0 Å². The molecular formula is C27H24FNO4. The van der Waals surface area contributed by atoms with Gasteiger partial charge < -0.3 is 14.4 Å². The van der Waals surface area contributed by atoms with Crippen molar-refractivity contribution in [3.63, 3.8) is 0 Å². The summed E-state index contributed by atoms with van der Waals surface area (Å²) in [5, 5.41) is 0. The number of carbonyl (C=O) groups excluding carboxylic acids is 2. The predicted octanol–water partition coefficient (Wildman–Crippen LogP) is 5.82. The molecule has 3 aromatic rings. The van der Waals surface area contributed by atoms with Gasteiger partial charge in [-0.3, -0.25) is 4.79 Å². The Morgan fingerprint density at radius 3 is 2.42 bits per heavy atom. The first-order valence-corrected chi connectivity index (χ1v) is 10.8. The molecule has 0 bridgehead atoms. The Labute approximate surface area is 192 Å². The lowest BCUT2D eigenvalue weighted by atomic mass is 10.0. The first-order valence-electron chi connectivity index (χ1n) is 10.8. The van der Waals surface area contributed by atoms with E-state index in [-0.39, 0.29) is 22.9 Å². The highest BCUT2D eigenvalue weighted by atomic mass is 19.1. The van der Waals surface area contributed by atoms with Crippen LogP contribution in [-0.4, -0.2) is 24.8 Å². The molecular weight excluding hydrogens is 421 g/mol. The minimum atomic E-state index is -0.819. The largest absolute Gasteiger partial charge is 0.452 e. The molecule has 0 aliphatic carbocycles. The number of hydrogen-bond acceptors (Lipinski definition) is 5. The lowest BCUT2D eigenvalue weighted by molar-refractivity contribution is 0.0729. The van der Waals surface area contributed by atoms with Crippen LogP contribution in [0, 0.1) is 12.7 Å². The zero-order valence-corrected chi connectivity index (χ0v) is 18.7. The molecule has 0 spiro atoms. The zero-order chi connectivity index (χ0) is 23.5. The van der Waals surface area contributed by atoms with Crippen molar-refractivity contribution >= 4 is 23.5 Å². The number of benzene rings is 3. The SMILES string of the molecule is CCN(CC)c1ccc(/C=C2\Oc3cc(OC(=O)c4ccccc4F)cc(C)c3C2=O)cc1. The molecule has 0 amide bonds. The molecule has 5 nitrogen and oxygen atoms in total. The van der Waals surface area contributed by atoms with Crippen molar-refractivity contribution < 1.29 is 23.5 Å². The van der Waals surface area contributed by atoms with Crippen LogP contribution in [-0.2, 0) is 0 Å². The van der Waals surface area contributed by atoms with Crippen LogP contribution in [0.4, 0.5) is 10.1 Å². The lowest BCUT2D eigenvalue weighted by Gasteiger charge is -2.20. The first kappa shape index (κ1) is 22.3. The number of ketones is 1. The molecule has 0 N–H and O–H groups in total. The van der Waals surface area contributed by atoms with Crippen molar-refractivity contribution in [2.75, 3.05) is 18.0 Å². The second kappa shape index (κ2) is 9.28. The van der Waals surface area contributed by atoms with Crippen molar-refractivity contribution in [1.29, 1.82) is 0 Å². The number of aryl methyl sites for hydroxylation is 1. The fourth-order valence-electron chi connectivity index (χ4n) is 3.85. The summed E-state index contributed by atoms with van der Waals surface area (Å²) < 4.78 is 25.0. The van der Waals surface area contributed by atoms with Gasteiger partial charge in [0.25, 0.3) is 0 Å². The quantitative estimate of drug-likeness (QED) is 0.272. The van der Waals surface area contributed by atoms with Gasteiger partial charge in [0.1, 0.15) is 17.3 Å². The minimum Gasteiger partial charge on any atom is -0.452 e. The predicted molar refractivity (Wildman–Crippen MR) is 125 cm³/mol. The summed E-state index contributed by atoms with van der Waals surface area (Å²) in [7, 11) is 0. The molecule has 1 aliphatic heterocycles. The highest BCUT2D eigenvalue weighted by Crippen LogP contribution is 2.38. The van der Waals surface area contributed by atoms with Crippen LogP contribution in [0.15, 0.2) is 66.4 Å². The Morgan fingerprint density at radius 1 is 1.06 bits per heavy atom. The number of hydrogen-bond donors (Lipinski definition) is 0. The van der Waals surface area contributed by atoms with Gasteiger partial charge in [0, 0.05) is 24.8 Å². The van der Waals surface area contributed by atoms with E-state index in [9.17, 15) is 14.0 Å². The van der Waals surface area contributed by atoms with Crippen LogP contribution >= 0.6 is 0 Å². The summed E-state index contributed by atoms with van der Waals surface area (Å²) in [5.41, 5.74) is 2.81. The highest BCUT2D eigenvalue weighted by Gasteiger charge is 2.30. The molecule has 0 saturated carbocycles. The molecule has 0 radical (unpaired) electrons. The summed E-state index contributed by atoms with van der Waals surface area (Å²) in [6.07, 6.45) is 1.69. The van der Waals surface area contributed by atoms with E-state index in [2.05, 4.69) is 18.7 Å². The van der Waals surface area contributed by atoms with E-state index < -0.39 is 11.8 Å². The average Bonchev–Trinajstić information content (AvgIpc) is 3.11. The summed E-state index contributed by atoms with van der Waals surface area (Å²) in [5.74, 6) is -1.03. The molecule has 168 valence electrons. The minimum absolute atomic E-state index is 0.165. The summed E-state index contributed by atoms with van der Waals surface area (Å²) in [6.45, 7) is 7.77. The van der Waals surface area contributed by atoms with Gasteiger partial charge in [-0.15, -0.1) is 0 Å². The van der Waals surface area contributed by atoms with Gasteiger partial charge >= 0.3 is 5.97 Å². The molecule has 0 saturated heterocycles. The van der Waals surface area contributed by atoms with E-state index in [1.54, 1.807) is 25.1 Å². The normalized spacial score (nSPS) is 13.6. The van der Waals surface area contributed by atoms with Crippen LogP contribution in [0.5, 0.6) is 11.5 Å². The Morgan fingerprint density at radius 2 is 1.76 bits per heavy atom. The van der Waals surface area contributed by atoms with Gasteiger partial charge in [-0.25, -0.2) is 9.18 Å². The smallest absolute Gasteiger partial charge is 0.346 e. The molecule has 0 fully saturated rings. The molecule has 3 aromatic carbocycles. The lowest BCUT2D eigenvalue weighted by Crippen LogP contribution is -2.21. The number of allylic oxidation sites excluding steroid dienone is 1. The van der Waals surface area contributed by atoms with Gasteiger partial charge in [0.2, 0.25) is 5.78 Å². The van der Waals surface area contributed by atoms with Crippen LogP contribution in [0.2, 0.25) is 0 Å². The van der Waals surface area contributed by atoms with Crippen molar-refractivity contribution in [1.82, 2.24) is 0 Å².